The molecule has 0 spiro atoms. The highest BCUT2D eigenvalue weighted by Gasteiger charge is 2.37. The minimum atomic E-state index is 0.640. The molecule has 5 nitrogen and oxygen atoms in total. The predicted molar refractivity (Wildman–Crippen MR) is 77.8 cm³/mol. The predicted octanol–water partition coefficient (Wildman–Crippen LogP) is 2.15. The standard InChI is InChI=1S/C15H21N5/c1-3-7-16-15-9-14(11(15)2)12-5-4-6-13(8-12)20-10-17-18-19-20/h4-6,8,10-11,14-16H,3,7,9H2,1-2H3. The number of nitrogens with zero attached hydrogens (tertiary/aromatic N) is 4. The van der Waals surface area contributed by atoms with Crippen molar-refractivity contribution in [3.63, 3.8) is 0 Å². The van der Waals surface area contributed by atoms with E-state index in [2.05, 4.69) is 52.9 Å². The summed E-state index contributed by atoms with van der Waals surface area (Å²) < 4.78 is 1.71. The Morgan fingerprint density at radius 1 is 1.40 bits per heavy atom. The van der Waals surface area contributed by atoms with Gasteiger partial charge in [0.15, 0.2) is 0 Å². The van der Waals surface area contributed by atoms with Crippen molar-refractivity contribution < 1.29 is 0 Å². The Bertz CT molecular complexity index is 551. The maximum Gasteiger partial charge on any atom is 0.143 e. The fourth-order valence-corrected chi connectivity index (χ4v) is 3.00. The van der Waals surface area contributed by atoms with Crippen LogP contribution in [0.25, 0.3) is 5.69 Å². The largest absolute Gasteiger partial charge is 0.314 e. The Labute approximate surface area is 119 Å². The number of benzene rings is 1. The highest BCUT2D eigenvalue weighted by molar-refractivity contribution is 5.37. The summed E-state index contributed by atoms with van der Waals surface area (Å²) in [5.41, 5.74) is 2.42. The van der Waals surface area contributed by atoms with Gasteiger partial charge in [-0.2, -0.15) is 0 Å². The molecule has 0 saturated heterocycles. The van der Waals surface area contributed by atoms with Crippen LogP contribution in [0, 0.1) is 5.92 Å². The lowest BCUT2D eigenvalue weighted by Gasteiger charge is -2.44. The van der Waals surface area contributed by atoms with Gasteiger partial charge < -0.3 is 5.32 Å². The van der Waals surface area contributed by atoms with Crippen LogP contribution in [-0.2, 0) is 0 Å². The van der Waals surface area contributed by atoms with E-state index in [0.29, 0.717) is 17.9 Å². The van der Waals surface area contributed by atoms with Gasteiger partial charge in [0.25, 0.3) is 0 Å². The molecule has 1 aromatic carbocycles. The lowest BCUT2D eigenvalue weighted by molar-refractivity contribution is 0.185. The molecule has 106 valence electrons. The molecule has 1 aromatic heterocycles. The third-order valence-corrected chi connectivity index (χ3v) is 4.35. The second-order valence-corrected chi connectivity index (χ2v) is 5.61. The number of aromatic nitrogens is 4. The van der Waals surface area contributed by atoms with Crippen molar-refractivity contribution in [2.75, 3.05) is 6.54 Å². The summed E-state index contributed by atoms with van der Waals surface area (Å²) in [5, 5.41) is 15.0. The van der Waals surface area contributed by atoms with Crippen molar-refractivity contribution in [1.29, 1.82) is 0 Å². The minimum absolute atomic E-state index is 0.640. The van der Waals surface area contributed by atoms with Gasteiger partial charge in [0, 0.05) is 6.04 Å². The van der Waals surface area contributed by atoms with Crippen molar-refractivity contribution in [3.05, 3.63) is 36.2 Å². The SMILES string of the molecule is CCCNC1CC(c2cccc(-n3cnnn3)c2)C1C. The molecule has 1 aliphatic carbocycles. The Kier molecular flexibility index (Phi) is 3.78. The molecule has 1 saturated carbocycles. The second kappa shape index (κ2) is 5.71. The van der Waals surface area contributed by atoms with Crippen LogP contribution in [0.3, 0.4) is 0 Å². The third-order valence-electron chi connectivity index (χ3n) is 4.35. The summed E-state index contributed by atoms with van der Waals surface area (Å²) in [4.78, 5) is 0. The average Bonchev–Trinajstić information content (AvgIpc) is 3.00. The van der Waals surface area contributed by atoms with Crippen LogP contribution in [0.4, 0.5) is 0 Å². The van der Waals surface area contributed by atoms with Gasteiger partial charge in [0.2, 0.25) is 0 Å². The maximum absolute atomic E-state index is 3.95. The molecule has 3 atom stereocenters. The van der Waals surface area contributed by atoms with Crippen molar-refractivity contribution in [1.82, 2.24) is 25.5 Å². The first-order chi connectivity index (χ1) is 9.79. The molecule has 0 bridgehead atoms. The maximum atomic E-state index is 3.95. The van der Waals surface area contributed by atoms with Gasteiger partial charge >= 0.3 is 0 Å². The molecule has 5 heteroatoms. The fraction of sp³-hybridized carbons (Fsp3) is 0.533. The Hall–Kier alpha value is -1.75. The van der Waals surface area contributed by atoms with E-state index in [0.717, 1.165) is 12.2 Å². The first kappa shape index (κ1) is 13.2. The number of rotatable bonds is 5. The van der Waals surface area contributed by atoms with Crippen molar-refractivity contribution in [2.45, 2.75) is 38.6 Å². The van der Waals surface area contributed by atoms with E-state index in [9.17, 15) is 0 Å². The van der Waals surface area contributed by atoms with E-state index < -0.39 is 0 Å². The van der Waals surface area contributed by atoms with Crippen LogP contribution in [0.5, 0.6) is 0 Å². The molecule has 20 heavy (non-hydrogen) atoms. The summed E-state index contributed by atoms with van der Waals surface area (Å²) in [6, 6.07) is 9.21. The summed E-state index contributed by atoms with van der Waals surface area (Å²) in [6.45, 7) is 5.67. The van der Waals surface area contributed by atoms with Gasteiger partial charge in [-0.25, -0.2) is 4.68 Å². The van der Waals surface area contributed by atoms with Crippen LogP contribution in [0.1, 0.15) is 38.2 Å². The monoisotopic (exact) mass is 271 g/mol. The van der Waals surface area contributed by atoms with E-state index in [-0.39, 0.29) is 0 Å². The van der Waals surface area contributed by atoms with E-state index in [1.54, 1.807) is 11.0 Å². The quantitative estimate of drug-likeness (QED) is 0.905. The van der Waals surface area contributed by atoms with Gasteiger partial charge in [-0.05, 0) is 59.3 Å². The minimum Gasteiger partial charge on any atom is -0.314 e. The average molecular weight is 271 g/mol. The van der Waals surface area contributed by atoms with E-state index in [1.807, 2.05) is 6.07 Å². The molecule has 1 heterocycles. The van der Waals surface area contributed by atoms with E-state index in [4.69, 9.17) is 0 Å². The van der Waals surface area contributed by atoms with Gasteiger partial charge in [-0.3, -0.25) is 0 Å². The smallest absolute Gasteiger partial charge is 0.143 e. The van der Waals surface area contributed by atoms with Crippen LogP contribution in [0.15, 0.2) is 30.6 Å². The highest BCUT2D eigenvalue weighted by Crippen LogP contribution is 2.42. The van der Waals surface area contributed by atoms with Crippen LogP contribution in [0.2, 0.25) is 0 Å². The normalized spacial score (nSPS) is 25.4. The van der Waals surface area contributed by atoms with Crippen molar-refractivity contribution in [2.24, 2.45) is 5.92 Å². The number of hydrogen-bond donors (Lipinski definition) is 1. The van der Waals surface area contributed by atoms with Crippen molar-refractivity contribution >= 4 is 0 Å². The van der Waals surface area contributed by atoms with Crippen LogP contribution < -0.4 is 5.32 Å². The third kappa shape index (κ3) is 2.45. The number of nitrogens with one attached hydrogen (secondary N) is 1. The molecule has 2 aromatic rings. The Balaban J connectivity index is 1.71. The second-order valence-electron chi connectivity index (χ2n) is 5.61. The lowest BCUT2D eigenvalue weighted by Crippen LogP contribution is -2.48. The summed E-state index contributed by atoms with van der Waals surface area (Å²) in [5.74, 6) is 1.33. The van der Waals surface area contributed by atoms with Crippen LogP contribution in [-0.4, -0.2) is 32.8 Å². The Morgan fingerprint density at radius 2 is 2.30 bits per heavy atom. The van der Waals surface area contributed by atoms with E-state index >= 15 is 0 Å². The molecule has 3 rings (SSSR count). The number of tetrazole rings is 1. The van der Waals surface area contributed by atoms with Gasteiger partial charge in [0.1, 0.15) is 6.33 Å². The van der Waals surface area contributed by atoms with Gasteiger partial charge in [0.05, 0.1) is 5.69 Å². The molecule has 1 N–H and O–H groups in total. The molecule has 1 aliphatic rings. The fourth-order valence-electron chi connectivity index (χ4n) is 3.00. The Morgan fingerprint density at radius 3 is 3.00 bits per heavy atom. The molecular formula is C15H21N5. The molecule has 1 fully saturated rings. The topological polar surface area (TPSA) is 55.6 Å². The zero-order valence-electron chi connectivity index (χ0n) is 12.0. The molecular weight excluding hydrogens is 250 g/mol. The number of hydrogen-bond acceptors (Lipinski definition) is 4. The van der Waals surface area contributed by atoms with Crippen molar-refractivity contribution in [3.8, 4) is 5.69 Å². The molecule has 0 amide bonds. The lowest BCUT2D eigenvalue weighted by atomic mass is 9.67. The van der Waals surface area contributed by atoms with Gasteiger partial charge in [-0.15, -0.1) is 5.10 Å². The van der Waals surface area contributed by atoms with E-state index in [1.165, 1.54) is 18.4 Å². The summed E-state index contributed by atoms with van der Waals surface area (Å²) in [7, 11) is 0. The summed E-state index contributed by atoms with van der Waals surface area (Å²) in [6.07, 6.45) is 4.05. The van der Waals surface area contributed by atoms with Crippen LogP contribution >= 0.6 is 0 Å². The molecule has 0 aliphatic heterocycles. The summed E-state index contributed by atoms with van der Waals surface area (Å²) >= 11 is 0. The molecule has 0 radical (unpaired) electrons. The highest BCUT2D eigenvalue weighted by atomic mass is 15.5. The van der Waals surface area contributed by atoms with Gasteiger partial charge in [-0.1, -0.05) is 26.0 Å². The molecule has 3 unspecified atom stereocenters. The first-order valence-electron chi connectivity index (χ1n) is 7.36. The zero-order chi connectivity index (χ0) is 13.9. The zero-order valence-corrected chi connectivity index (χ0v) is 12.0. The first-order valence-corrected chi connectivity index (χ1v) is 7.36.